The van der Waals surface area contributed by atoms with Crippen LogP contribution in [0.4, 0.5) is 0 Å². The zero-order chi connectivity index (χ0) is 17.5. The molecule has 0 saturated carbocycles. The molecular formula is C18H18N6OS. The van der Waals surface area contributed by atoms with Crippen LogP contribution in [0.1, 0.15) is 34.6 Å². The molecule has 4 aromatic heterocycles. The van der Waals surface area contributed by atoms with E-state index in [0.717, 1.165) is 40.9 Å². The third kappa shape index (κ3) is 2.58. The van der Waals surface area contributed by atoms with Crippen LogP contribution in [0, 0.1) is 6.92 Å². The van der Waals surface area contributed by atoms with Crippen molar-refractivity contribution >= 4 is 11.3 Å². The Hall–Kier alpha value is -2.71. The van der Waals surface area contributed by atoms with Gasteiger partial charge in [0.1, 0.15) is 0 Å². The van der Waals surface area contributed by atoms with Crippen molar-refractivity contribution < 1.29 is 4.52 Å². The van der Waals surface area contributed by atoms with Crippen LogP contribution < -0.4 is 0 Å². The van der Waals surface area contributed by atoms with E-state index in [-0.39, 0.29) is 6.04 Å². The highest BCUT2D eigenvalue weighted by atomic mass is 32.1. The summed E-state index contributed by atoms with van der Waals surface area (Å²) in [4.78, 5) is 14.8. The number of aryl methyl sites for hydroxylation is 1. The molecule has 8 heteroatoms. The van der Waals surface area contributed by atoms with Crippen LogP contribution in [0.5, 0.6) is 0 Å². The lowest BCUT2D eigenvalue weighted by molar-refractivity contribution is 0.174. The van der Waals surface area contributed by atoms with Gasteiger partial charge in [0.2, 0.25) is 0 Å². The first-order valence-corrected chi connectivity index (χ1v) is 9.43. The van der Waals surface area contributed by atoms with Gasteiger partial charge >= 0.3 is 0 Å². The molecule has 5 rings (SSSR count). The minimum Gasteiger partial charge on any atom is -0.360 e. The zero-order valence-corrected chi connectivity index (χ0v) is 15.1. The largest absolute Gasteiger partial charge is 0.360 e. The maximum absolute atomic E-state index is 5.47. The number of H-pyrrole nitrogens is 1. The fourth-order valence-corrected chi connectivity index (χ4v) is 4.28. The van der Waals surface area contributed by atoms with Gasteiger partial charge in [-0.05, 0) is 19.1 Å². The van der Waals surface area contributed by atoms with Crippen LogP contribution in [0.25, 0.3) is 5.13 Å². The Kier molecular flexibility index (Phi) is 3.72. The quantitative estimate of drug-likeness (QED) is 0.601. The molecule has 4 aromatic rings. The highest BCUT2D eigenvalue weighted by Crippen LogP contribution is 2.36. The molecule has 0 saturated heterocycles. The van der Waals surface area contributed by atoms with E-state index in [9.17, 15) is 0 Å². The second kappa shape index (κ2) is 6.22. The lowest BCUT2D eigenvalue weighted by atomic mass is 9.99. The summed E-state index contributed by atoms with van der Waals surface area (Å²) in [7, 11) is 0. The van der Waals surface area contributed by atoms with Crippen molar-refractivity contribution in [2.24, 2.45) is 0 Å². The Balaban J connectivity index is 1.58. The smallest absolute Gasteiger partial charge is 0.193 e. The van der Waals surface area contributed by atoms with Crippen LogP contribution in [0.3, 0.4) is 0 Å². The summed E-state index contributed by atoms with van der Waals surface area (Å²) in [6, 6.07) is 6.24. The van der Waals surface area contributed by atoms with Gasteiger partial charge in [-0.2, -0.15) is 0 Å². The molecule has 0 spiro atoms. The topological polar surface area (TPSA) is 75.8 Å². The number of fused-ring (bicyclic) bond motifs is 1. The van der Waals surface area contributed by atoms with E-state index in [1.807, 2.05) is 24.6 Å². The first-order valence-electron chi connectivity index (χ1n) is 8.55. The third-order valence-electron chi connectivity index (χ3n) is 4.75. The van der Waals surface area contributed by atoms with E-state index in [2.05, 4.69) is 47.9 Å². The van der Waals surface area contributed by atoms with E-state index >= 15 is 0 Å². The van der Waals surface area contributed by atoms with Crippen molar-refractivity contribution in [2.75, 3.05) is 6.54 Å². The van der Waals surface area contributed by atoms with Gasteiger partial charge in [-0.1, -0.05) is 5.16 Å². The Bertz CT molecular complexity index is 1010. The van der Waals surface area contributed by atoms with Gasteiger partial charge in [-0.3, -0.25) is 9.47 Å². The molecule has 1 aliphatic heterocycles. The van der Waals surface area contributed by atoms with E-state index < -0.39 is 0 Å². The Morgan fingerprint density at radius 1 is 1.38 bits per heavy atom. The van der Waals surface area contributed by atoms with E-state index in [1.54, 1.807) is 17.7 Å². The van der Waals surface area contributed by atoms with Crippen LogP contribution in [-0.2, 0) is 13.0 Å². The molecule has 0 unspecified atom stereocenters. The highest BCUT2D eigenvalue weighted by molar-refractivity contribution is 7.12. The maximum Gasteiger partial charge on any atom is 0.193 e. The summed E-state index contributed by atoms with van der Waals surface area (Å²) in [6.07, 6.45) is 6.62. The fraction of sp³-hybridized carbons (Fsp3) is 0.278. The van der Waals surface area contributed by atoms with Crippen molar-refractivity contribution in [3.05, 3.63) is 70.8 Å². The minimum atomic E-state index is 0.0364. The molecule has 0 radical (unpaired) electrons. The van der Waals surface area contributed by atoms with Gasteiger partial charge < -0.3 is 9.51 Å². The average Bonchev–Trinajstić information content (AvgIpc) is 3.42. The molecular weight excluding hydrogens is 348 g/mol. The minimum absolute atomic E-state index is 0.0364. The molecule has 1 N–H and O–H groups in total. The molecule has 0 aliphatic carbocycles. The summed E-state index contributed by atoms with van der Waals surface area (Å²) >= 11 is 1.63. The van der Waals surface area contributed by atoms with Crippen molar-refractivity contribution in [2.45, 2.75) is 25.9 Å². The second-order valence-corrected chi connectivity index (χ2v) is 7.31. The van der Waals surface area contributed by atoms with Crippen LogP contribution >= 0.6 is 11.3 Å². The number of nitrogens with one attached hydrogen (secondary N) is 1. The predicted molar refractivity (Wildman–Crippen MR) is 97.2 cm³/mol. The first-order chi connectivity index (χ1) is 12.8. The Morgan fingerprint density at radius 2 is 2.35 bits per heavy atom. The normalized spacial score (nSPS) is 17.5. The number of hydrogen-bond acceptors (Lipinski definition) is 6. The van der Waals surface area contributed by atoms with E-state index in [0.29, 0.717) is 6.54 Å². The Morgan fingerprint density at radius 3 is 3.15 bits per heavy atom. The van der Waals surface area contributed by atoms with Crippen LogP contribution in [-0.4, -0.2) is 36.1 Å². The number of rotatable bonds is 4. The fourth-order valence-electron chi connectivity index (χ4n) is 3.64. The van der Waals surface area contributed by atoms with E-state index in [1.165, 1.54) is 5.69 Å². The standard InChI is InChI=1S/C18H18N6OS/c1-12-9-13(25-22-12)10-23-7-4-14-16(21-11-20-14)17(23)15-3-2-6-24(15)18-19-5-8-26-18/h2-3,5-6,8-9,11,17H,4,7,10H2,1H3,(H,20,21)/t17-/m1/s1. The SMILES string of the molecule is Cc1cc(CN2CCc3[nH]cnc3[C@H]2c2cccn2-c2nccs2)on1. The molecule has 1 atom stereocenters. The second-order valence-electron chi connectivity index (χ2n) is 6.44. The lowest BCUT2D eigenvalue weighted by Crippen LogP contribution is -2.36. The molecule has 0 fully saturated rings. The highest BCUT2D eigenvalue weighted by Gasteiger charge is 2.33. The molecule has 26 heavy (non-hydrogen) atoms. The Labute approximate surface area is 154 Å². The average molecular weight is 366 g/mol. The predicted octanol–water partition coefficient (Wildman–Crippen LogP) is 3.10. The molecule has 5 heterocycles. The van der Waals surface area contributed by atoms with Crippen molar-refractivity contribution in [1.82, 2.24) is 29.6 Å². The van der Waals surface area contributed by atoms with E-state index in [4.69, 9.17) is 4.52 Å². The first kappa shape index (κ1) is 15.5. The molecule has 1 aliphatic rings. The zero-order valence-electron chi connectivity index (χ0n) is 14.3. The van der Waals surface area contributed by atoms with Gasteiger partial charge in [0.25, 0.3) is 0 Å². The number of nitrogens with zero attached hydrogens (tertiary/aromatic N) is 5. The van der Waals surface area contributed by atoms with Gasteiger partial charge in [0.05, 0.1) is 30.3 Å². The van der Waals surface area contributed by atoms with Gasteiger partial charge in [0, 0.05) is 48.2 Å². The number of hydrogen-bond donors (Lipinski definition) is 1. The number of imidazole rings is 1. The summed E-state index contributed by atoms with van der Waals surface area (Å²) in [5, 5.41) is 6.98. The summed E-state index contributed by atoms with van der Waals surface area (Å²) in [6.45, 7) is 3.56. The molecule has 7 nitrogen and oxygen atoms in total. The number of aromatic amines is 1. The summed E-state index contributed by atoms with van der Waals surface area (Å²) < 4.78 is 7.62. The van der Waals surface area contributed by atoms with Crippen molar-refractivity contribution in [1.29, 1.82) is 0 Å². The summed E-state index contributed by atoms with van der Waals surface area (Å²) in [5.41, 5.74) is 4.33. The third-order valence-corrected chi connectivity index (χ3v) is 5.52. The molecule has 0 bridgehead atoms. The summed E-state index contributed by atoms with van der Waals surface area (Å²) in [5.74, 6) is 0.874. The van der Waals surface area contributed by atoms with Crippen molar-refractivity contribution in [3.8, 4) is 5.13 Å². The van der Waals surface area contributed by atoms with Crippen molar-refractivity contribution in [3.63, 3.8) is 0 Å². The monoisotopic (exact) mass is 366 g/mol. The van der Waals surface area contributed by atoms with Gasteiger partial charge in [-0.25, -0.2) is 9.97 Å². The molecule has 0 aromatic carbocycles. The van der Waals surface area contributed by atoms with Crippen LogP contribution in [0.15, 0.2) is 46.8 Å². The molecule has 132 valence electrons. The van der Waals surface area contributed by atoms with Gasteiger partial charge in [-0.15, -0.1) is 11.3 Å². The number of aromatic nitrogens is 5. The van der Waals surface area contributed by atoms with Crippen LogP contribution in [0.2, 0.25) is 0 Å². The maximum atomic E-state index is 5.47. The van der Waals surface area contributed by atoms with Gasteiger partial charge in [0.15, 0.2) is 10.9 Å². The number of thiazole rings is 1. The lowest BCUT2D eigenvalue weighted by Gasteiger charge is -2.34. The molecule has 0 amide bonds.